The maximum atomic E-state index is 12.5. The van der Waals surface area contributed by atoms with Gasteiger partial charge >= 0.3 is 5.97 Å². The fourth-order valence-electron chi connectivity index (χ4n) is 1.40. The fraction of sp³-hybridized carbons (Fsp3) is 0.417. The third kappa shape index (κ3) is 2.79. The SMILES string of the molecule is CC(C)(C(=O)O)C(O)c1cccc(C(F)F)c1. The third-order valence-electron chi connectivity index (χ3n) is 2.71. The van der Waals surface area contributed by atoms with E-state index in [0.29, 0.717) is 0 Å². The molecule has 1 aromatic rings. The number of aliphatic hydroxyl groups is 1. The van der Waals surface area contributed by atoms with E-state index in [1.807, 2.05) is 0 Å². The number of benzene rings is 1. The van der Waals surface area contributed by atoms with Crippen LogP contribution < -0.4 is 0 Å². The molecule has 0 bridgehead atoms. The summed E-state index contributed by atoms with van der Waals surface area (Å²) in [7, 11) is 0. The average molecular weight is 244 g/mol. The lowest BCUT2D eigenvalue weighted by Gasteiger charge is -2.26. The maximum Gasteiger partial charge on any atom is 0.312 e. The van der Waals surface area contributed by atoms with Gasteiger partial charge in [0, 0.05) is 5.56 Å². The van der Waals surface area contributed by atoms with Crippen molar-refractivity contribution in [2.24, 2.45) is 5.41 Å². The quantitative estimate of drug-likeness (QED) is 0.856. The maximum absolute atomic E-state index is 12.5. The van der Waals surface area contributed by atoms with E-state index in [2.05, 4.69) is 0 Å². The van der Waals surface area contributed by atoms with Gasteiger partial charge in [-0.1, -0.05) is 18.2 Å². The molecule has 0 radical (unpaired) electrons. The Labute approximate surface area is 97.7 Å². The molecule has 5 heteroatoms. The predicted molar refractivity (Wildman–Crippen MR) is 57.8 cm³/mol. The van der Waals surface area contributed by atoms with E-state index in [4.69, 9.17) is 5.11 Å². The molecule has 1 atom stereocenters. The van der Waals surface area contributed by atoms with E-state index in [1.165, 1.54) is 32.0 Å². The molecule has 0 aliphatic carbocycles. The van der Waals surface area contributed by atoms with Crippen molar-refractivity contribution < 1.29 is 23.8 Å². The van der Waals surface area contributed by atoms with Crippen LogP contribution in [0.1, 0.15) is 37.5 Å². The Bertz CT molecular complexity index is 416. The summed E-state index contributed by atoms with van der Waals surface area (Å²) in [5.41, 5.74) is -1.49. The molecule has 1 unspecified atom stereocenters. The Morgan fingerprint density at radius 3 is 2.29 bits per heavy atom. The second-order valence-electron chi connectivity index (χ2n) is 4.40. The van der Waals surface area contributed by atoms with E-state index in [9.17, 15) is 18.7 Å². The normalized spacial score (nSPS) is 13.8. The summed E-state index contributed by atoms with van der Waals surface area (Å²) >= 11 is 0. The molecule has 1 aromatic carbocycles. The minimum Gasteiger partial charge on any atom is -0.481 e. The fourth-order valence-corrected chi connectivity index (χ4v) is 1.40. The molecule has 0 heterocycles. The Balaban J connectivity index is 3.08. The van der Waals surface area contributed by atoms with Crippen molar-refractivity contribution >= 4 is 5.97 Å². The van der Waals surface area contributed by atoms with Gasteiger partial charge in [-0.05, 0) is 25.5 Å². The lowest BCUT2D eigenvalue weighted by atomic mass is 9.82. The van der Waals surface area contributed by atoms with E-state index in [1.54, 1.807) is 0 Å². The number of aliphatic carboxylic acids is 1. The smallest absolute Gasteiger partial charge is 0.312 e. The highest BCUT2D eigenvalue weighted by Crippen LogP contribution is 2.34. The van der Waals surface area contributed by atoms with Crippen LogP contribution in [0.25, 0.3) is 0 Å². The van der Waals surface area contributed by atoms with Gasteiger partial charge in [0.2, 0.25) is 0 Å². The van der Waals surface area contributed by atoms with Crippen LogP contribution >= 0.6 is 0 Å². The van der Waals surface area contributed by atoms with Crippen molar-refractivity contribution in [1.82, 2.24) is 0 Å². The van der Waals surface area contributed by atoms with Crippen LogP contribution in [-0.4, -0.2) is 16.2 Å². The molecule has 0 aliphatic heterocycles. The van der Waals surface area contributed by atoms with Crippen LogP contribution in [0.5, 0.6) is 0 Å². The molecule has 0 saturated carbocycles. The number of hydrogen-bond acceptors (Lipinski definition) is 2. The van der Waals surface area contributed by atoms with E-state index in [-0.39, 0.29) is 11.1 Å². The molecular formula is C12H14F2O3. The first-order chi connectivity index (χ1) is 7.76. The first kappa shape index (κ1) is 13.6. The molecule has 0 aliphatic rings. The van der Waals surface area contributed by atoms with E-state index < -0.39 is 23.9 Å². The van der Waals surface area contributed by atoms with E-state index in [0.717, 1.165) is 6.07 Å². The van der Waals surface area contributed by atoms with Crippen LogP contribution in [0.4, 0.5) is 8.78 Å². The average Bonchev–Trinajstić information content (AvgIpc) is 2.27. The number of aliphatic hydroxyl groups excluding tert-OH is 1. The zero-order valence-electron chi connectivity index (χ0n) is 9.52. The van der Waals surface area contributed by atoms with Crippen molar-refractivity contribution in [1.29, 1.82) is 0 Å². The standard InChI is InChI=1S/C12H14F2O3/c1-12(2,11(16)17)9(15)7-4-3-5-8(6-7)10(13)14/h3-6,9-10,15H,1-2H3,(H,16,17). The van der Waals surface area contributed by atoms with Gasteiger partial charge in [-0.3, -0.25) is 4.79 Å². The van der Waals surface area contributed by atoms with Crippen molar-refractivity contribution in [3.63, 3.8) is 0 Å². The Hall–Kier alpha value is -1.49. The molecule has 94 valence electrons. The van der Waals surface area contributed by atoms with Gasteiger partial charge in [-0.2, -0.15) is 0 Å². The highest BCUT2D eigenvalue weighted by atomic mass is 19.3. The predicted octanol–water partition coefficient (Wildman–Crippen LogP) is 2.77. The molecule has 0 fully saturated rings. The summed E-state index contributed by atoms with van der Waals surface area (Å²) in [6.07, 6.45) is -3.98. The number of halogens is 2. The van der Waals surface area contributed by atoms with Crippen molar-refractivity contribution in [3.8, 4) is 0 Å². The van der Waals surface area contributed by atoms with Gasteiger partial charge in [0.1, 0.15) is 0 Å². The summed E-state index contributed by atoms with van der Waals surface area (Å²) in [5, 5.41) is 18.8. The first-order valence-electron chi connectivity index (χ1n) is 5.06. The molecule has 0 spiro atoms. The molecule has 17 heavy (non-hydrogen) atoms. The number of hydrogen-bond donors (Lipinski definition) is 2. The minimum absolute atomic E-state index is 0.176. The van der Waals surface area contributed by atoms with Gasteiger partial charge in [0.15, 0.2) is 0 Å². The summed E-state index contributed by atoms with van der Waals surface area (Å²) in [4.78, 5) is 10.9. The van der Waals surface area contributed by atoms with Crippen molar-refractivity contribution in [3.05, 3.63) is 35.4 Å². The summed E-state index contributed by atoms with van der Waals surface area (Å²) < 4.78 is 24.9. The second-order valence-corrected chi connectivity index (χ2v) is 4.40. The summed E-state index contributed by atoms with van der Waals surface area (Å²) in [6, 6.07) is 5.16. The molecule has 0 saturated heterocycles. The number of carbonyl (C=O) groups is 1. The lowest BCUT2D eigenvalue weighted by molar-refractivity contribution is -0.153. The molecule has 3 nitrogen and oxygen atoms in total. The van der Waals surface area contributed by atoms with Gasteiger partial charge < -0.3 is 10.2 Å². The number of carboxylic acids is 1. The largest absolute Gasteiger partial charge is 0.481 e. The van der Waals surface area contributed by atoms with Crippen LogP contribution in [0.3, 0.4) is 0 Å². The monoisotopic (exact) mass is 244 g/mol. The second kappa shape index (κ2) is 4.79. The van der Waals surface area contributed by atoms with Crippen LogP contribution in [-0.2, 0) is 4.79 Å². The lowest BCUT2D eigenvalue weighted by Crippen LogP contribution is -2.31. The molecule has 2 N–H and O–H groups in total. The molecular weight excluding hydrogens is 230 g/mol. The van der Waals surface area contributed by atoms with Gasteiger partial charge in [-0.15, -0.1) is 0 Å². The molecule has 1 rings (SSSR count). The number of alkyl halides is 2. The van der Waals surface area contributed by atoms with Gasteiger partial charge in [-0.25, -0.2) is 8.78 Å². The van der Waals surface area contributed by atoms with Gasteiger partial charge in [0.25, 0.3) is 6.43 Å². The Kier molecular flexibility index (Phi) is 3.83. The van der Waals surface area contributed by atoms with Crippen molar-refractivity contribution in [2.75, 3.05) is 0 Å². The summed E-state index contributed by atoms with van der Waals surface area (Å²) in [6.45, 7) is 2.68. The minimum atomic E-state index is -2.64. The molecule has 0 aromatic heterocycles. The third-order valence-corrected chi connectivity index (χ3v) is 2.71. The molecule has 0 amide bonds. The Morgan fingerprint density at radius 2 is 1.82 bits per heavy atom. The van der Waals surface area contributed by atoms with E-state index >= 15 is 0 Å². The van der Waals surface area contributed by atoms with Gasteiger partial charge in [0.05, 0.1) is 11.5 Å². The number of carboxylic acid groups (broad SMARTS) is 1. The van der Waals surface area contributed by atoms with Crippen molar-refractivity contribution in [2.45, 2.75) is 26.4 Å². The topological polar surface area (TPSA) is 57.5 Å². The summed E-state index contributed by atoms with van der Waals surface area (Å²) in [5.74, 6) is -1.19. The number of rotatable bonds is 4. The highest BCUT2D eigenvalue weighted by molar-refractivity contribution is 5.74. The zero-order chi connectivity index (χ0) is 13.2. The van der Waals surface area contributed by atoms with Crippen LogP contribution in [0, 0.1) is 5.41 Å². The zero-order valence-corrected chi connectivity index (χ0v) is 9.52. The Morgan fingerprint density at radius 1 is 1.29 bits per heavy atom. The first-order valence-corrected chi connectivity index (χ1v) is 5.06. The van der Waals surface area contributed by atoms with Crippen LogP contribution in [0.15, 0.2) is 24.3 Å². The van der Waals surface area contributed by atoms with Crippen LogP contribution in [0.2, 0.25) is 0 Å². The highest BCUT2D eigenvalue weighted by Gasteiger charge is 2.36.